The van der Waals surface area contributed by atoms with Crippen molar-refractivity contribution in [3.8, 4) is 22.6 Å². The summed E-state index contributed by atoms with van der Waals surface area (Å²) in [6.45, 7) is 11.4. The van der Waals surface area contributed by atoms with Gasteiger partial charge in [-0.3, -0.25) is 14.3 Å². The van der Waals surface area contributed by atoms with Crippen LogP contribution in [0.25, 0.3) is 27.8 Å². The number of fused-ring (bicyclic) bond motifs is 5. The number of alkyl halides is 2. The number of aryl methyl sites for hydroxylation is 1. The van der Waals surface area contributed by atoms with Crippen molar-refractivity contribution >= 4 is 34.4 Å². The third kappa shape index (κ3) is 4.71. The molecule has 9 nitrogen and oxygen atoms in total. The molecule has 2 aliphatic rings. The molecule has 0 bridgehead atoms. The lowest BCUT2D eigenvalue weighted by atomic mass is 9.95. The number of hydrogen-bond acceptors (Lipinski definition) is 7. The normalized spacial score (nSPS) is 17.2. The standard InChI is InChI=1S/C31H27ClF4N6O3/c1-6-19(43)40-11-12-41(16(5)13-40)29-24-26(42(30(44)39-29)25-15(4)9-10-37-23(25)14(2)3)27-21(28(32)38-24)20-17(31(35,36)45-27)7-8-18(33)22(20)34/h6-10,14,16H,1,11-13H2,2-5H3/t16-/m0/s1. The van der Waals surface area contributed by atoms with Crippen molar-refractivity contribution in [3.63, 3.8) is 0 Å². The second kappa shape index (κ2) is 10.8. The molecule has 2 aliphatic heterocycles. The Morgan fingerprint density at radius 2 is 1.91 bits per heavy atom. The maximum absolute atomic E-state index is 15.7. The predicted molar refractivity (Wildman–Crippen MR) is 160 cm³/mol. The molecule has 14 heteroatoms. The van der Waals surface area contributed by atoms with Crippen LogP contribution in [-0.2, 0) is 10.9 Å². The van der Waals surface area contributed by atoms with Crippen molar-refractivity contribution in [1.82, 2.24) is 24.4 Å². The number of hydrogen-bond donors (Lipinski definition) is 0. The van der Waals surface area contributed by atoms with Gasteiger partial charge in [-0.15, -0.1) is 0 Å². The van der Waals surface area contributed by atoms with Gasteiger partial charge in [-0.2, -0.15) is 13.8 Å². The van der Waals surface area contributed by atoms with Crippen LogP contribution in [0.4, 0.5) is 23.4 Å². The molecule has 6 rings (SSSR count). The van der Waals surface area contributed by atoms with E-state index in [4.69, 9.17) is 16.3 Å². The lowest BCUT2D eigenvalue weighted by molar-refractivity contribution is -0.186. The highest BCUT2D eigenvalue weighted by Gasteiger charge is 2.47. The summed E-state index contributed by atoms with van der Waals surface area (Å²) in [5.41, 5.74) is -2.20. The molecule has 5 heterocycles. The van der Waals surface area contributed by atoms with Gasteiger partial charge >= 0.3 is 11.8 Å². The molecule has 3 aromatic heterocycles. The van der Waals surface area contributed by atoms with E-state index in [1.807, 2.05) is 13.8 Å². The van der Waals surface area contributed by atoms with Crippen molar-refractivity contribution in [1.29, 1.82) is 0 Å². The first-order chi connectivity index (χ1) is 21.3. The first-order valence-electron chi connectivity index (χ1n) is 14.1. The zero-order valence-electron chi connectivity index (χ0n) is 24.7. The van der Waals surface area contributed by atoms with E-state index in [-0.39, 0.29) is 54.0 Å². The number of carbonyl (C=O) groups excluding carboxylic acids is 1. The SMILES string of the molecule is C=CC(=O)N1CCN(c2nc(=O)n(-c3c(C)ccnc3C(C)C)c3c4c(c(Cl)nc23)-c2c(ccc(F)c2F)C(F)(F)O4)[C@@H](C)C1. The van der Waals surface area contributed by atoms with E-state index in [9.17, 15) is 14.0 Å². The zero-order valence-corrected chi connectivity index (χ0v) is 25.4. The number of amides is 1. The second-order valence-electron chi connectivity index (χ2n) is 11.3. The summed E-state index contributed by atoms with van der Waals surface area (Å²) in [6, 6.07) is 2.52. The largest absolute Gasteiger partial charge is 0.427 e. The van der Waals surface area contributed by atoms with E-state index in [0.717, 1.165) is 10.6 Å². The fourth-order valence-electron chi connectivity index (χ4n) is 6.01. The van der Waals surface area contributed by atoms with Crippen LogP contribution >= 0.6 is 11.6 Å². The summed E-state index contributed by atoms with van der Waals surface area (Å²) in [6.07, 6.45) is -1.39. The molecular formula is C31H27ClF4N6O3. The number of carbonyl (C=O) groups is 1. The minimum Gasteiger partial charge on any atom is -0.426 e. The third-order valence-electron chi connectivity index (χ3n) is 8.11. The third-order valence-corrected chi connectivity index (χ3v) is 8.38. The smallest absolute Gasteiger partial charge is 0.426 e. The van der Waals surface area contributed by atoms with Gasteiger partial charge in [0.15, 0.2) is 23.2 Å². The summed E-state index contributed by atoms with van der Waals surface area (Å²) in [5.74, 6) is -4.13. The molecule has 0 unspecified atom stereocenters. The van der Waals surface area contributed by atoms with E-state index in [1.165, 1.54) is 6.08 Å². The van der Waals surface area contributed by atoms with Crippen LogP contribution in [0.1, 0.15) is 43.5 Å². The van der Waals surface area contributed by atoms with Crippen molar-refractivity contribution in [3.05, 3.63) is 81.1 Å². The van der Waals surface area contributed by atoms with Gasteiger partial charge in [-0.25, -0.2) is 18.6 Å². The number of nitrogens with zero attached hydrogens (tertiary/aromatic N) is 6. The van der Waals surface area contributed by atoms with Crippen molar-refractivity contribution in [2.75, 3.05) is 24.5 Å². The van der Waals surface area contributed by atoms with Crippen LogP contribution in [0.2, 0.25) is 5.15 Å². The van der Waals surface area contributed by atoms with Gasteiger partial charge in [0.1, 0.15) is 16.2 Å². The second-order valence-corrected chi connectivity index (χ2v) is 11.7. The van der Waals surface area contributed by atoms with Crippen LogP contribution in [-0.4, -0.2) is 56.0 Å². The van der Waals surface area contributed by atoms with Crippen LogP contribution in [0.15, 0.2) is 41.8 Å². The summed E-state index contributed by atoms with van der Waals surface area (Å²) >= 11 is 6.61. The number of halogens is 5. The maximum atomic E-state index is 15.7. The number of aromatic nitrogens is 4. The molecule has 45 heavy (non-hydrogen) atoms. The van der Waals surface area contributed by atoms with Gasteiger partial charge in [-0.05, 0) is 49.6 Å². The van der Waals surface area contributed by atoms with E-state index in [0.29, 0.717) is 17.3 Å². The first-order valence-corrected chi connectivity index (χ1v) is 14.5. The predicted octanol–water partition coefficient (Wildman–Crippen LogP) is 5.87. The Kier molecular flexibility index (Phi) is 7.34. The number of anilines is 1. The number of benzene rings is 1. The molecule has 1 fully saturated rings. The van der Waals surface area contributed by atoms with E-state index in [1.54, 1.807) is 35.9 Å². The molecule has 0 saturated carbocycles. The van der Waals surface area contributed by atoms with E-state index < -0.39 is 57.1 Å². The number of pyridine rings is 2. The summed E-state index contributed by atoms with van der Waals surface area (Å²) < 4.78 is 67.7. The van der Waals surface area contributed by atoms with E-state index in [2.05, 4.69) is 21.5 Å². The Morgan fingerprint density at radius 3 is 2.58 bits per heavy atom. The van der Waals surface area contributed by atoms with Crippen LogP contribution in [0, 0.1) is 18.6 Å². The molecule has 0 aliphatic carbocycles. The fraction of sp³-hybridized carbons (Fsp3) is 0.323. The highest BCUT2D eigenvalue weighted by molar-refractivity contribution is 6.33. The highest BCUT2D eigenvalue weighted by atomic mass is 35.5. The maximum Gasteiger partial charge on any atom is 0.427 e. The molecule has 0 radical (unpaired) electrons. The average molecular weight is 643 g/mol. The molecule has 1 aromatic carbocycles. The van der Waals surface area contributed by atoms with E-state index >= 15 is 13.2 Å². The van der Waals surface area contributed by atoms with Crippen molar-refractivity contribution < 1.29 is 27.1 Å². The van der Waals surface area contributed by atoms with Crippen molar-refractivity contribution in [2.45, 2.75) is 45.8 Å². The van der Waals surface area contributed by atoms with Gasteiger partial charge in [0.2, 0.25) is 5.91 Å². The molecule has 1 atom stereocenters. The van der Waals surface area contributed by atoms with Crippen LogP contribution in [0.5, 0.6) is 5.75 Å². The number of piperazine rings is 1. The fourth-order valence-corrected chi connectivity index (χ4v) is 6.27. The Bertz CT molecular complexity index is 1980. The quantitative estimate of drug-likeness (QED) is 0.156. The average Bonchev–Trinajstić information content (AvgIpc) is 2.98. The molecule has 4 aromatic rings. The van der Waals surface area contributed by atoms with Gasteiger partial charge in [0.25, 0.3) is 0 Å². The molecule has 234 valence electrons. The van der Waals surface area contributed by atoms with Crippen LogP contribution in [0.3, 0.4) is 0 Å². The monoisotopic (exact) mass is 642 g/mol. The Balaban J connectivity index is 1.75. The van der Waals surface area contributed by atoms with Crippen molar-refractivity contribution in [2.24, 2.45) is 0 Å². The first kappa shape index (κ1) is 30.5. The topological polar surface area (TPSA) is 93.5 Å². The highest BCUT2D eigenvalue weighted by Crippen LogP contribution is 2.53. The zero-order chi connectivity index (χ0) is 32.5. The number of ether oxygens (including phenoxy) is 1. The Hall–Kier alpha value is -4.52. The van der Waals surface area contributed by atoms with Gasteiger partial charge in [0, 0.05) is 37.4 Å². The summed E-state index contributed by atoms with van der Waals surface area (Å²) in [5, 5.41) is -0.466. The summed E-state index contributed by atoms with van der Waals surface area (Å²) in [7, 11) is 0. The Labute approximate surface area is 259 Å². The molecule has 0 N–H and O–H groups in total. The van der Waals surface area contributed by atoms with Gasteiger partial charge < -0.3 is 14.5 Å². The lowest BCUT2D eigenvalue weighted by Crippen LogP contribution is -2.54. The lowest BCUT2D eigenvalue weighted by Gasteiger charge is -2.40. The summed E-state index contributed by atoms with van der Waals surface area (Å²) in [4.78, 5) is 43.0. The minimum absolute atomic E-state index is 0.000722. The van der Waals surface area contributed by atoms with Crippen LogP contribution < -0.4 is 15.3 Å². The molecule has 1 saturated heterocycles. The Morgan fingerprint density at radius 1 is 1.18 bits per heavy atom. The number of rotatable bonds is 4. The van der Waals surface area contributed by atoms with Gasteiger partial charge in [-0.1, -0.05) is 32.0 Å². The minimum atomic E-state index is -4.15. The molecular weight excluding hydrogens is 616 g/mol. The van der Waals surface area contributed by atoms with Gasteiger partial charge in [0.05, 0.1) is 22.5 Å². The molecule has 1 amide bonds. The molecule has 0 spiro atoms.